The fourth-order valence-electron chi connectivity index (χ4n) is 6.11. The molecular formula is C41H52NO7PSi. The number of carbonyl (C=O) groups is 4. The van der Waals surface area contributed by atoms with Crippen molar-refractivity contribution in [2.24, 2.45) is 11.3 Å². The van der Waals surface area contributed by atoms with Crippen LogP contribution in [0, 0.1) is 11.3 Å². The summed E-state index contributed by atoms with van der Waals surface area (Å²) in [5, 5.41) is 2.30. The van der Waals surface area contributed by atoms with E-state index in [4.69, 9.17) is 13.9 Å². The smallest absolute Gasteiger partial charge is 0.356 e. The van der Waals surface area contributed by atoms with Gasteiger partial charge in [0.15, 0.2) is 8.32 Å². The third kappa shape index (κ3) is 8.22. The van der Waals surface area contributed by atoms with E-state index >= 15 is 0 Å². The molecule has 1 amide bonds. The molecule has 0 radical (unpaired) electrons. The Morgan fingerprint density at radius 3 is 1.69 bits per heavy atom. The minimum absolute atomic E-state index is 0.0934. The fraction of sp³-hybridized carbons (Fsp3) is 0.390. The Morgan fingerprint density at radius 2 is 1.29 bits per heavy atom. The first-order valence-corrected chi connectivity index (χ1v) is 22.0. The number of likely N-dealkylation sites (tertiary alicyclic amines) is 1. The van der Waals surface area contributed by atoms with Gasteiger partial charge in [0.05, 0.1) is 29.9 Å². The molecule has 0 saturated carbocycles. The molecule has 0 bridgehead atoms. The Bertz CT molecular complexity index is 1690. The van der Waals surface area contributed by atoms with Crippen molar-refractivity contribution in [1.82, 2.24) is 4.90 Å². The van der Waals surface area contributed by atoms with Gasteiger partial charge in [0, 0.05) is 6.89 Å². The zero-order chi connectivity index (χ0) is 37.8. The van der Waals surface area contributed by atoms with Crippen molar-refractivity contribution < 1.29 is 33.1 Å². The number of ether oxygens (including phenoxy) is 2. The molecule has 51 heavy (non-hydrogen) atoms. The van der Waals surface area contributed by atoms with Crippen molar-refractivity contribution >= 4 is 60.3 Å². The predicted octanol–water partition coefficient (Wildman–Crippen LogP) is 6.58. The summed E-state index contributed by atoms with van der Waals surface area (Å²) >= 11 is 0. The molecule has 3 atom stereocenters. The predicted molar refractivity (Wildman–Crippen MR) is 208 cm³/mol. The van der Waals surface area contributed by atoms with Crippen molar-refractivity contribution in [2.45, 2.75) is 85.2 Å². The molecule has 1 fully saturated rings. The number of nitrogens with zero attached hydrogens (tertiary/aromatic N) is 1. The average molecular weight is 730 g/mol. The Morgan fingerprint density at radius 1 is 0.843 bits per heavy atom. The molecule has 1 saturated heterocycles. The van der Waals surface area contributed by atoms with Crippen molar-refractivity contribution in [3.63, 3.8) is 0 Å². The summed E-state index contributed by atoms with van der Waals surface area (Å²) in [4.78, 5) is 57.6. The first-order chi connectivity index (χ1) is 23.9. The van der Waals surface area contributed by atoms with E-state index in [2.05, 4.69) is 40.4 Å². The summed E-state index contributed by atoms with van der Waals surface area (Å²) in [5.74, 6) is -3.33. The van der Waals surface area contributed by atoms with Crippen LogP contribution in [-0.2, 0) is 33.1 Å². The molecule has 4 rings (SSSR count). The van der Waals surface area contributed by atoms with E-state index < -0.39 is 56.6 Å². The lowest BCUT2D eigenvalue weighted by molar-refractivity contribution is -0.169. The van der Waals surface area contributed by atoms with Crippen molar-refractivity contribution in [3.05, 3.63) is 104 Å². The van der Waals surface area contributed by atoms with Crippen LogP contribution in [0.3, 0.4) is 0 Å². The number of benzene rings is 3. The standard InChI is InChI=1S/C41H52NO7PSi/c1-11-27-47-38(45)37(50(30-21-15-12-16-22-30,31-23-17-13-18-24-31)32-25-19-14-20-26-32)42-33(28-34(43)48-39(46)40(3,4)5)35(36(42)44)29(2)49-51(9,10)41(6,7)8/h11-26,29,33,35H,1,27-28H2,2-10H3/t29-,33-,35-/m1/s1. The second-order valence-corrected chi connectivity index (χ2v) is 23.6. The molecule has 0 aromatic heterocycles. The minimum atomic E-state index is -3.22. The van der Waals surface area contributed by atoms with Crippen LogP contribution >= 0.6 is 6.89 Å². The highest BCUT2D eigenvalue weighted by Crippen LogP contribution is 2.50. The van der Waals surface area contributed by atoms with Gasteiger partial charge in [0.2, 0.25) is 5.91 Å². The van der Waals surface area contributed by atoms with Gasteiger partial charge in [0.25, 0.3) is 0 Å². The van der Waals surface area contributed by atoms with E-state index in [1.54, 1.807) is 20.8 Å². The first kappa shape index (κ1) is 39.7. The Balaban J connectivity index is 2.08. The van der Waals surface area contributed by atoms with E-state index in [1.165, 1.54) is 11.0 Å². The normalized spacial score (nSPS) is 17.2. The highest BCUT2D eigenvalue weighted by molar-refractivity contribution is 7.96. The topological polar surface area (TPSA) is 99.2 Å². The fourth-order valence-corrected chi connectivity index (χ4v) is 11.9. The zero-order valence-electron chi connectivity index (χ0n) is 31.3. The van der Waals surface area contributed by atoms with Gasteiger partial charge in [-0.1, -0.05) is 124 Å². The second kappa shape index (κ2) is 15.7. The van der Waals surface area contributed by atoms with Gasteiger partial charge in [-0.05, 0) is 61.7 Å². The lowest BCUT2D eigenvalue weighted by Gasteiger charge is -2.52. The van der Waals surface area contributed by atoms with Gasteiger partial charge >= 0.3 is 17.9 Å². The molecule has 1 heterocycles. The molecule has 1 aliphatic rings. The molecule has 3 aromatic carbocycles. The van der Waals surface area contributed by atoms with Crippen LogP contribution in [0.15, 0.2) is 104 Å². The molecule has 10 heteroatoms. The summed E-state index contributed by atoms with van der Waals surface area (Å²) in [6, 6.07) is 28.1. The molecule has 0 N–H and O–H groups in total. The second-order valence-electron chi connectivity index (χ2n) is 15.5. The molecule has 0 aliphatic carbocycles. The molecule has 1 aliphatic heterocycles. The number of hydrogen-bond acceptors (Lipinski definition) is 7. The van der Waals surface area contributed by atoms with E-state index in [1.807, 2.05) is 97.9 Å². The summed E-state index contributed by atoms with van der Waals surface area (Å²) in [7, 11) is -2.39. The summed E-state index contributed by atoms with van der Waals surface area (Å²) in [6.45, 7) is 17.9. The van der Waals surface area contributed by atoms with Gasteiger partial charge in [-0.2, -0.15) is 0 Å². The van der Waals surface area contributed by atoms with Crippen LogP contribution in [0.25, 0.3) is 0 Å². The highest BCUT2D eigenvalue weighted by atomic mass is 31.2. The minimum Gasteiger partial charge on any atom is -0.457 e. The van der Waals surface area contributed by atoms with Gasteiger partial charge in [-0.25, -0.2) is 4.79 Å². The first-order valence-electron chi connectivity index (χ1n) is 17.4. The summed E-state index contributed by atoms with van der Waals surface area (Å²) in [6.07, 6.45) is 0.542. The quantitative estimate of drug-likeness (QED) is 0.0519. The van der Waals surface area contributed by atoms with Crippen molar-refractivity contribution in [2.75, 3.05) is 6.61 Å². The molecule has 8 nitrogen and oxygen atoms in total. The lowest BCUT2D eigenvalue weighted by atomic mass is 9.81. The van der Waals surface area contributed by atoms with Gasteiger partial charge in [0.1, 0.15) is 12.0 Å². The van der Waals surface area contributed by atoms with E-state index in [9.17, 15) is 19.2 Å². The number of carbonyl (C=O) groups excluding carboxylic acids is 4. The van der Waals surface area contributed by atoms with Crippen LogP contribution in [0.5, 0.6) is 0 Å². The molecule has 0 spiro atoms. The van der Waals surface area contributed by atoms with Crippen LogP contribution < -0.4 is 15.9 Å². The average Bonchev–Trinajstić information content (AvgIpc) is 3.07. The Kier molecular flexibility index (Phi) is 12.2. The van der Waals surface area contributed by atoms with Crippen LogP contribution in [-0.4, -0.2) is 61.2 Å². The third-order valence-corrected chi connectivity index (χ3v) is 18.6. The zero-order valence-corrected chi connectivity index (χ0v) is 33.2. The third-order valence-electron chi connectivity index (χ3n) is 9.75. The monoisotopic (exact) mass is 729 g/mol. The molecular weight excluding hydrogens is 678 g/mol. The van der Waals surface area contributed by atoms with E-state index in [0.29, 0.717) is 0 Å². The summed E-state index contributed by atoms with van der Waals surface area (Å²) < 4.78 is 18.0. The van der Waals surface area contributed by atoms with Crippen LogP contribution in [0.1, 0.15) is 54.9 Å². The number of hydrogen-bond donors (Lipinski definition) is 0. The highest BCUT2D eigenvalue weighted by Gasteiger charge is 2.57. The van der Waals surface area contributed by atoms with Gasteiger partial charge in [-0.15, -0.1) is 0 Å². The SMILES string of the molecule is C=CCOC(=O)C(N1C(=O)[C@H]([C@@H](C)O[Si](C)(C)C(C)(C)C)[C@H]1CC(=O)OC(=O)C(C)(C)C)=P(c1ccccc1)(c1ccccc1)c1ccccc1. The number of β-lactam (4-membered cyclic amide) rings is 1. The van der Waals surface area contributed by atoms with E-state index in [-0.39, 0.29) is 29.4 Å². The van der Waals surface area contributed by atoms with Gasteiger partial charge in [-0.3, -0.25) is 14.4 Å². The maximum absolute atomic E-state index is 14.9. The maximum atomic E-state index is 14.9. The Hall–Kier alpha value is -4.04. The Labute approximate surface area is 304 Å². The summed E-state index contributed by atoms with van der Waals surface area (Å²) in [5.41, 5.74) is -0.794. The number of amides is 1. The van der Waals surface area contributed by atoms with Crippen molar-refractivity contribution in [3.8, 4) is 0 Å². The number of esters is 3. The maximum Gasteiger partial charge on any atom is 0.356 e. The lowest BCUT2D eigenvalue weighted by Crippen LogP contribution is -2.69. The van der Waals surface area contributed by atoms with Crippen LogP contribution in [0.2, 0.25) is 18.1 Å². The van der Waals surface area contributed by atoms with Gasteiger partial charge < -0.3 is 18.8 Å². The molecule has 272 valence electrons. The van der Waals surface area contributed by atoms with Crippen LogP contribution in [0.4, 0.5) is 0 Å². The molecule has 0 unspecified atom stereocenters. The van der Waals surface area contributed by atoms with E-state index in [0.717, 1.165) is 15.9 Å². The molecule has 3 aromatic rings. The number of rotatable bonds is 12. The largest absolute Gasteiger partial charge is 0.457 e. The van der Waals surface area contributed by atoms with Crippen molar-refractivity contribution in [1.29, 1.82) is 0 Å².